The predicted molar refractivity (Wildman–Crippen MR) is 50.6 cm³/mol. The molecule has 1 fully saturated rings. The standard InChI is InChI=1S/C9H8F3N3O2/c10-9(11,12)8(1-2-8)15-6-4-13-5(3-14-6)7(16)17/h3-4H,1-2H2,(H,14,15)(H,16,17). The van der Waals surface area contributed by atoms with E-state index < -0.39 is 17.7 Å². The second-order valence-corrected chi connectivity index (χ2v) is 3.80. The number of nitrogens with one attached hydrogen (secondary N) is 1. The Morgan fingerprint density at radius 2 is 2.00 bits per heavy atom. The first-order valence-electron chi connectivity index (χ1n) is 4.74. The number of carboxylic acid groups (broad SMARTS) is 1. The lowest BCUT2D eigenvalue weighted by Crippen LogP contribution is -2.38. The molecule has 1 aliphatic carbocycles. The van der Waals surface area contributed by atoms with Crippen LogP contribution in [0.3, 0.4) is 0 Å². The van der Waals surface area contributed by atoms with Crippen molar-refractivity contribution in [1.29, 1.82) is 0 Å². The first kappa shape index (κ1) is 11.6. The third kappa shape index (κ3) is 2.15. The van der Waals surface area contributed by atoms with E-state index in [0.29, 0.717) is 0 Å². The van der Waals surface area contributed by atoms with Crippen molar-refractivity contribution in [3.8, 4) is 0 Å². The SMILES string of the molecule is O=C(O)c1cnc(NC2(C(F)(F)F)CC2)cn1. The molecule has 1 heterocycles. The van der Waals surface area contributed by atoms with Crippen molar-refractivity contribution in [2.45, 2.75) is 24.6 Å². The maximum Gasteiger partial charge on any atom is 0.411 e. The maximum atomic E-state index is 12.6. The molecule has 1 saturated carbocycles. The van der Waals surface area contributed by atoms with E-state index in [2.05, 4.69) is 15.3 Å². The van der Waals surface area contributed by atoms with E-state index >= 15 is 0 Å². The van der Waals surface area contributed by atoms with Crippen molar-refractivity contribution in [2.24, 2.45) is 0 Å². The third-order valence-corrected chi connectivity index (χ3v) is 2.53. The van der Waals surface area contributed by atoms with Crippen LogP contribution in [0.25, 0.3) is 0 Å². The molecule has 92 valence electrons. The van der Waals surface area contributed by atoms with Gasteiger partial charge in [-0.1, -0.05) is 0 Å². The molecule has 1 aromatic heterocycles. The highest BCUT2D eigenvalue weighted by Crippen LogP contribution is 2.50. The van der Waals surface area contributed by atoms with E-state index in [9.17, 15) is 18.0 Å². The summed E-state index contributed by atoms with van der Waals surface area (Å²) in [7, 11) is 0. The van der Waals surface area contributed by atoms with Crippen LogP contribution in [-0.4, -0.2) is 32.8 Å². The lowest BCUT2D eigenvalue weighted by molar-refractivity contribution is -0.151. The van der Waals surface area contributed by atoms with E-state index in [1.165, 1.54) is 0 Å². The summed E-state index contributed by atoms with van der Waals surface area (Å²) < 4.78 is 37.8. The van der Waals surface area contributed by atoms with Gasteiger partial charge < -0.3 is 10.4 Å². The Kier molecular flexibility index (Phi) is 2.44. The molecule has 0 amide bonds. The molecule has 0 aromatic carbocycles. The average Bonchev–Trinajstić information content (AvgIpc) is 2.98. The van der Waals surface area contributed by atoms with Crippen LogP contribution in [-0.2, 0) is 0 Å². The van der Waals surface area contributed by atoms with Gasteiger partial charge in [-0.05, 0) is 12.8 Å². The number of hydrogen-bond donors (Lipinski definition) is 2. The zero-order chi connectivity index (χ0) is 12.7. The summed E-state index contributed by atoms with van der Waals surface area (Å²) in [5, 5.41) is 10.8. The topological polar surface area (TPSA) is 75.1 Å². The number of aromatic nitrogens is 2. The van der Waals surface area contributed by atoms with Crippen LogP contribution in [0.5, 0.6) is 0 Å². The molecule has 2 rings (SSSR count). The molecule has 0 spiro atoms. The fourth-order valence-corrected chi connectivity index (χ4v) is 1.35. The lowest BCUT2D eigenvalue weighted by Gasteiger charge is -2.20. The third-order valence-electron chi connectivity index (χ3n) is 2.53. The molecule has 17 heavy (non-hydrogen) atoms. The van der Waals surface area contributed by atoms with Crippen molar-refractivity contribution in [3.05, 3.63) is 18.1 Å². The summed E-state index contributed by atoms with van der Waals surface area (Å²) in [6.07, 6.45) is -2.48. The Hall–Kier alpha value is -1.86. The van der Waals surface area contributed by atoms with Crippen LogP contribution >= 0.6 is 0 Å². The average molecular weight is 247 g/mol. The minimum Gasteiger partial charge on any atom is -0.476 e. The Morgan fingerprint density at radius 3 is 2.35 bits per heavy atom. The predicted octanol–water partition coefficient (Wildman–Crippen LogP) is 1.68. The Balaban J connectivity index is 2.13. The number of carboxylic acids is 1. The molecule has 0 bridgehead atoms. The molecule has 1 aromatic rings. The second-order valence-electron chi connectivity index (χ2n) is 3.80. The van der Waals surface area contributed by atoms with E-state index in [-0.39, 0.29) is 24.4 Å². The Labute approximate surface area is 93.7 Å². The van der Waals surface area contributed by atoms with Crippen LogP contribution in [0.2, 0.25) is 0 Å². The van der Waals surface area contributed by atoms with Gasteiger partial charge in [0.25, 0.3) is 0 Å². The monoisotopic (exact) mass is 247 g/mol. The lowest BCUT2D eigenvalue weighted by atomic mass is 10.2. The number of carbonyl (C=O) groups is 1. The van der Waals surface area contributed by atoms with E-state index in [1.807, 2.05) is 0 Å². The number of halogens is 3. The largest absolute Gasteiger partial charge is 0.476 e. The summed E-state index contributed by atoms with van der Waals surface area (Å²) in [5.74, 6) is -1.36. The molecule has 0 aliphatic heterocycles. The molecule has 1 aliphatic rings. The van der Waals surface area contributed by atoms with Gasteiger partial charge in [0.05, 0.1) is 12.4 Å². The van der Waals surface area contributed by atoms with Crippen LogP contribution in [0.4, 0.5) is 19.0 Å². The van der Waals surface area contributed by atoms with Gasteiger partial charge in [0, 0.05) is 0 Å². The van der Waals surface area contributed by atoms with Crippen LogP contribution in [0, 0.1) is 0 Å². The summed E-state index contributed by atoms with van der Waals surface area (Å²) in [6.45, 7) is 0. The van der Waals surface area contributed by atoms with Crippen LogP contribution in [0.1, 0.15) is 23.3 Å². The Bertz CT molecular complexity index is 440. The fraction of sp³-hybridized carbons (Fsp3) is 0.444. The summed E-state index contributed by atoms with van der Waals surface area (Å²) >= 11 is 0. The second kappa shape index (κ2) is 3.57. The van der Waals surface area contributed by atoms with Gasteiger partial charge in [-0.2, -0.15) is 13.2 Å². The number of nitrogens with zero attached hydrogens (tertiary/aromatic N) is 2. The highest BCUT2D eigenvalue weighted by Gasteiger charge is 2.63. The zero-order valence-corrected chi connectivity index (χ0v) is 8.45. The summed E-state index contributed by atoms with van der Waals surface area (Å²) in [5.41, 5.74) is -2.24. The van der Waals surface area contributed by atoms with Gasteiger partial charge in [-0.3, -0.25) is 0 Å². The molecular formula is C9H8F3N3O2. The van der Waals surface area contributed by atoms with Crippen molar-refractivity contribution in [3.63, 3.8) is 0 Å². The minimum absolute atomic E-state index is 0.0150. The quantitative estimate of drug-likeness (QED) is 0.849. The first-order chi connectivity index (χ1) is 7.84. The first-order valence-corrected chi connectivity index (χ1v) is 4.74. The molecule has 2 N–H and O–H groups in total. The van der Waals surface area contributed by atoms with Gasteiger partial charge in [-0.15, -0.1) is 0 Å². The fourth-order valence-electron chi connectivity index (χ4n) is 1.35. The molecule has 0 unspecified atom stereocenters. The van der Waals surface area contributed by atoms with Gasteiger partial charge >= 0.3 is 12.1 Å². The van der Waals surface area contributed by atoms with Crippen molar-refractivity contribution in [1.82, 2.24) is 9.97 Å². The number of aromatic carboxylic acids is 1. The van der Waals surface area contributed by atoms with Gasteiger partial charge in [0.2, 0.25) is 0 Å². The molecular weight excluding hydrogens is 239 g/mol. The number of rotatable bonds is 3. The summed E-state index contributed by atoms with van der Waals surface area (Å²) in [4.78, 5) is 17.5. The molecule has 8 heteroatoms. The highest BCUT2D eigenvalue weighted by atomic mass is 19.4. The zero-order valence-electron chi connectivity index (χ0n) is 8.45. The number of hydrogen-bond acceptors (Lipinski definition) is 4. The smallest absolute Gasteiger partial charge is 0.411 e. The van der Waals surface area contributed by atoms with Crippen LogP contribution < -0.4 is 5.32 Å². The molecule has 0 saturated heterocycles. The molecule has 0 radical (unpaired) electrons. The van der Waals surface area contributed by atoms with Crippen molar-refractivity contribution in [2.75, 3.05) is 5.32 Å². The molecule has 0 atom stereocenters. The van der Waals surface area contributed by atoms with Crippen molar-refractivity contribution < 1.29 is 23.1 Å². The van der Waals surface area contributed by atoms with E-state index in [4.69, 9.17) is 5.11 Å². The normalized spacial score (nSPS) is 17.6. The van der Waals surface area contributed by atoms with Gasteiger partial charge in [0.15, 0.2) is 5.69 Å². The number of alkyl halides is 3. The van der Waals surface area contributed by atoms with Crippen LogP contribution in [0.15, 0.2) is 12.4 Å². The molecule has 5 nitrogen and oxygen atoms in total. The van der Waals surface area contributed by atoms with E-state index in [1.54, 1.807) is 0 Å². The van der Waals surface area contributed by atoms with Gasteiger partial charge in [0.1, 0.15) is 11.4 Å². The van der Waals surface area contributed by atoms with E-state index in [0.717, 1.165) is 12.4 Å². The van der Waals surface area contributed by atoms with Gasteiger partial charge in [-0.25, -0.2) is 14.8 Å². The summed E-state index contributed by atoms with van der Waals surface area (Å²) in [6, 6.07) is 0. The Morgan fingerprint density at radius 1 is 1.35 bits per heavy atom. The highest BCUT2D eigenvalue weighted by molar-refractivity contribution is 5.84. The maximum absolute atomic E-state index is 12.6. The number of anilines is 1. The minimum atomic E-state index is -4.35. The van der Waals surface area contributed by atoms with Crippen molar-refractivity contribution >= 4 is 11.8 Å².